The molecule has 336 valence electrons. The van der Waals surface area contributed by atoms with E-state index in [0.717, 1.165) is 57.8 Å². The second-order valence-corrected chi connectivity index (χ2v) is 17.4. The highest BCUT2D eigenvalue weighted by molar-refractivity contribution is 7.47. The van der Waals surface area contributed by atoms with E-state index in [9.17, 15) is 19.0 Å². The average molecular weight is 828 g/mol. The number of ether oxygens (including phenoxy) is 2. The van der Waals surface area contributed by atoms with Crippen molar-refractivity contribution in [3.63, 3.8) is 0 Å². The average Bonchev–Trinajstić information content (AvgIpc) is 3.20. The summed E-state index contributed by atoms with van der Waals surface area (Å²) in [6.07, 6.45) is 47.8. The minimum absolute atomic E-state index is 0.0532. The Kier molecular flexibility index (Phi) is 42.9. The van der Waals surface area contributed by atoms with Crippen LogP contribution in [0.1, 0.15) is 232 Å². The predicted molar refractivity (Wildman–Crippen MR) is 238 cm³/mol. The zero-order valence-electron chi connectivity index (χ0n) is 37.1. The molecule has 0 bridgehead atoms. The van der Waals surface area contributed by atoms with Crippen LogP contribution >= 0.6 is 7.82 Å². The van der Waals surface area contributed by atoms with E-state index < -0.39 is 26.5 Å². The van der Waals surface area contributed by atoms with E-state index in [0.29, 0.717) is 6.42 Å². The molecule has 0 saturated heterocycles. The molecule has 0 aromatic rings. The molecule has 57 heavy (non-hydrogen) atoms. The van der Waals surface area contributed by atoms with Crippen LogP contribution in [0.5, 0.6) is 0 Å². The van der Waals surface area contributed by atoms with Gasteiger partial charge in [0.15, 0.2) is 6.10 Å². The first-order valence-corrected chi connectivity index (χ1v) is 25.3. The van der Waals surface area contributed by atoms with E-state index in [1.165, 1.54) is 141 Å². The Morgan fingerprint density at radius 3 is 1.25 bits per heavy atom. The molecule has 2 unspecified atom stereocenters. The van der Waals surface area contributed by atoms with Crippen LogP contribution in [0.15, 0.2) is 24.3 Å². The van der Waals surface area contributed by atoms with Crippen LogP contribution in [0.4, 0.5) is 0 Å². The van der Waals surface area contributed by atoms with E-state index in [4.69, 9.17) is 24.3 Å². The van der Waals surface area contributed by atoms with E-state index in [2.05, 4.69) is 38.2 Å². The van der Waals surface area contributed by atoms with Crippen LogP contribution in [-0.4, -0.2) is 49.3 Å². The van der Waals surface area contributed by atoms with Crippen molar-refractivity contribution in [3.8, 4) is 0 Å². The number of carbonyl (C=O) groups excluding carboxylic acids is 2. The van der Waals surface area contributed by atoms with Gasteiger partial charge in [-0.2, -0.15) is 0 Å². The summed E-state index contributed by atoms with van der Waals surface area (Å²) in [5.74, 6) is -0.833. The molecule has 0 aromatic carbocycles. The molecule has 9 nitrogen and oxygen atoms in total. The lowest BCUT2D eigenvalue weighted by Crippen LogP contribution is -2.29. The summed E-state index contributed by atoms with van der Waals surface area (Å²) in [4.78, 5) is 34.9. The van der Waals surface area contributed by atoms with Gasteiger partial charge in [-0.1, -0.05) is 179 Å². The van der Waals surface area contributed by atoms with Gasteiger partial charge in [-0.3, -0.25) is 18.6 Å². The SMILES string of the molecule is CCCCCCCCC=CCCCCCCCC(=O)OCC(COP(=O)(O)OCCN)OC(=O)CCCCCCCCCCCC=CCCCCCCCCCC. The van der Waals surface area contributed by atoms with E-state index in [-0.39, 0.29) is 38.6 Å². The fourth-order valence-electron chi connectivity index (χ4n) is 6.74. The summed E-state index contributed by atoms with van der Waals surface area (Å²) >= 11 is 0. The number of phosphoric acid groups is 1. The molecule has 0 aliphatic rings. The minimum Gasteiger partial charge on any atom is -0.462 e. The fourth-order valence-corrected chi connectivity index (χ4v) is 7.51. The first-order chi connectivity index (χ1) is 27.8. The van der Waals surface area contributed by atoms with Crippen LogP contribution in [0.25, 0.3) is 0 Å². The summed E-state index contributed by atoms with van der Waals surface area (Å²) in [6.45, 7) is 3.74. The summed E-state index contributed by atoms with van der Waals surface area (Å²) in [5.41, 5.74) is 5.36. The van der Waals surface area contributed by atoms with Crippen molar-refractivity contribution < 1.29 is 37.6 Å². The van der Waals surface area contributed by atoms with Gasteiger partial charge in [0.2, 0.25) is 0 Å². The molecule has 0 aromatic heterocycles. The third kappa shape index (κ3) is 43.9. The number of allylic oxidation sites excluding steroid dienone is 4. The van der Waals surface area contributed by atoms with Crippen molar-refractivity contribution in [2.24, 2.45) is 5.73 Å². The van der Waals surface area contributed by atoms with Gasteiger partial charge in [0, 0.05) is 19.4 Å². The molecule has 0 aliphatic carbocycles. The Balaban J connectivity index is 4.08. The lowest BCUT2D eigenvalue weighted by molar-refractivity contribution is -0.161. The lowest BCUT2D eigenvalue weighted by Gasteiger charge is -2.19. The zero-order chi connectivity index (χ0) is 41.8. The first-order valence-electron chi connectivity index (χ1n) is 23.8. The number of unbranched alkanes of at least 4 members (excludes halogenated alkanes) is 28. The zero-order valence-corrected chi connectivity index (χ0v) is 38.0. The molecular formula is C47H90NO8P. The van der Waals surface area contributed by atoms with Crippen LogP contribution < -0.4 is 5.73 Å². The maximum atomic E-state index is 12.6. The van der Waals surface area contributed by atoms with Gasteiger partial charge in [0.05, 0.1) is 13.2 Å². The molecule has 0 heterocycles. The van der Waals surface area contributed by atoms with Crippen LogP contribution in [0, 0.1) is 0 Å². The minimum atomic E-state index is -4.38. The van der Waals surface area contributed by atoms with Crippen LogP contribution in [-0.2, 0) is 32.7 Å². The number of rotatable bonds is 45. The maximum absolute atomic E-state index is 12.6. The monoisotopic (exact) mass is 828 g/mol. The highest BCUT2D eigenvalue weighted by atomic mass is 31.2. The number of phosphoric ester groups is 1. The molecule has 0 radical (unpaired) electrons. The lowest BCUT2D eigenvalue weighted by atomic mass is 10.1. The third-order valence-corrected chi connectivity index (χ3v) is 11.3. The molecule has 0 rings (SSSR count). The second-order valence-electron chi connectivity index (χ2n) is 16.0. The molecule has 0 spiro atoms. The van der Waals surface area contributed by atoms with Crippen molar-refractivity contribution >= 4 is 19.8 Å². The van der Waals surface area contributed by atoms with E-state index in [1.807, 2.05) is 0 Å². The third-order valence-electron chi connectivity index (χ3n) is 10.3. The van der Waals surface area contributed by atoms with Crippen molar-refractivity contribution in [3.05, 3.63) is 24.3 Å². The predicted octanol–water partition coefficient (Wildman–Crippen LogP) is 13.9. The van der Waals surface area contributed by atoms with Gasteiger partial charge < -0.3 is 20.1 Å². The van der Waals surface area contributed by atoms with Gasteiger partial charge >= 0.3 is 19.8 Å². The van der Waals surface area contributed by atoms with E-state index in [1.54, 1.807) is 0 Å². The summed E-state index contributed by atoms with van der Waals surface area (Å²) in [5, 5.41) is 0. The fraction of sp³-hybridized carbons (Fsp3) is 0.872. The normalized spacial score (nSPS) is 13.4. The molecule has 0 aliphatic heterocycles. The largest absolute Gasteiger partial charge is 0.472 e. The van der Waals surface area contributed by atoms with Gasteiger partial charge in [-0.25, -0.2) is 4.57 Å². The number of hydrogen-bond acceptors (Lipinski definition) is 8. The van der Waals surface area contributed by atoms with Gasteiger partial charge in [-0.05, 0) is 64.2 Å². The summed E-state index contributed by atoms with van der Waals surface area (Å²) in [6, 6.07) is 0. The first kappa shape index (κ1) is 55.5. The number of esters is 2. The molecule has 0 fully saturated rings. The molecule has 10 heteroatoms. The topological polar surface area (TPSA) is 134 Å². The van der Waals surface area contributed by atoms with Crippen molar-refractivity contribution in [2.45, 2.75) is 238 Å². The Labute approximate surface area is 351 Å². The molecular weight excluding hydrogens is 737 g/mol. The van der Waals surface area contributed by atoms with Crippen molar-refractivity contribution in [1.82, 2.24) is 0 Å². The Morgan fingerprint density at radius 2 is 0.860 bits per heavy atom. The van der Waals surface area contributed by atoms with Gasteiger partial charge in [0.1, 0.15) is 6.61 Å². The van der Waals surface area contributed by atoms with Crippen LogP contribution in [0.2, 0.25) is 0 Å². The van der Waals surface area contributed by atoms with Gasteiger partial charge in [-0.15, -0.1) is 0 Å². The Morgan fingerprint density at radius 1 is 0.509 bits per heavy atom. The Hall–Kier alpha value is -1.51. The summed E-state index contributed by atoms with van der Waals surface area (Å²) < 4.78 is 32.8. The molecule has 3 N–H and O–H groups in total. The van der Waals surface area contributed by atoms with E-state index >= 15 is 0 Å². The summed E-state index contributed by atoms with van der Waals surface area (Å²) in [7, 11) is -4.38. The van der Waals surface area contributed by atoms with Crippen LogP contribution in [0.3, 0.4) is 0 Å². The maximum Gasteiger partial charge on any atom is 0.472 e. The highest BCUT2D eigenvalue weighted by Crippen LogP contribution is 2.43. The van der Waals surface area contributed by atoms with Gasteiger partial charge in [0.25, 0.3) is 0 Å². The quantitative estimate of drug-likeness (QED) is 0.0266. The standard InChI is InChI=1S/C47H90NO8P/c1-3-5-7-9-11-13-15-17-19-20-21-22-23-24-26-28-30-32-34-36-38-40-47(50)56-45(44-55-57(51,52)54-42-41-48)43-53-46(49)39-37-35-33-31-29-27-25-18-16-14-12-10-8-6-4-2/h18,20-21,25,45H,3-17,19,22-24,26-44,48H2,1-2H3,(H,51,52). The number of hydrogen-bond donors (Lipinski definition) is 2. The Bertz CT molecular complexity index is 990. The molecule has 0 saturated carbocycles. The smallest absolute Gasteiger partial charge is 0.462 e. The molecule has 0 amide bonds. The molecule has 2 atom stereocenters. The number of carbonyl (C=O) groups is 2. The number of nitrogens with two attached hydrogens (primary N) is 1. The van der Waals surface area contributed by atoms with Crippen molar-refractivity contribution in [2.75, 3.05) is 26.4 Å². The second kappa shape index (κ2) is 44.1. The van der Waals surface area contributed by atoms with Crippen molar-refractivity contribution in [1.29, 1.82) is 0 Å². The highest BCUT2D eigenvalue weighted by Gasteiger charge is 2.26.